The third-order valence-electron chi connectivity index (χ3n) is 7.19. The Labute approximate surface area is 221 Å². The van der Waals surface area contributed by atoms with Crippen molar-refractivity contribution in [2.75, 3.05) is 18.1 Å². The van der Waals surface area contributed by atoms with Crippen molar-refractivity contribution in [2.45, 2.75) is 77.6 Å². The highest BCUT2D eigenvalue weighted by Crippen LogP contribution is 2.33. The van der Waals surface area contributed by atoms with Crippen molar-refractivity contribution in [3.8, 4) is 5.75 Å². The van der Waals surface area contributed by atoms with Gasteiger partial charge in [0.15, 0.2) is 0 Å². The lowest BCUT2D eigenvalue weighted by atomic mass is 9.80. The van der Waals surface area contributed by atoms with E-state index in [9.17, 15) is 9.59 Å². The van der Waals surface area contributed by atoms with Gasteiger partial charge in [-0.15, -0.1) is 0 Å². The summed E-state index contributed by atoms with van der Waals surface area (Å²) in [6.07, 6.45) is 15.6. The van der Waals surface area contributed by atoms with Crippen LogP contribution in [0, 0.1) is 11.8 Å². The highest BCUT2D eigenvalue weighted by Gasteiger charge is 2.27. The van der Waals surface area contributed by atoms with E-state index >= 15 is 0 Å². The van der Waals surface area contributed by atoms with Crippen LogP contribution < -0.4 is 16.2 Å². The summed E-state index contributed by atoms with van der Waals surface area (Å²) >= 11 is 0. The maximum Gasteiger partial charge on any atom is 0.330 e. The first-order valence-corrected chi connectivity index (χ1v) is 13.7. The molecule has 0 unspecified atom stereocenters. The third-order valence-corrected chi connectivity index (χ3v) is 7.19. The second-order valence-electron chi connectivity index (χ2n) is 10.1. The minimum Gasteiger partial charge on any atom is -0.462 e. The summed E-state index contributed by atoms with van der Waals surface area (Å²) in [7, 11) is 0. The molecular weight excluding hydrogens is 464 g/mol. The Bertz CT molecular complexity index is 1020. The molecule has 1 aliphatic carbocycles. The van der Waals surface area contributed by atoms with Crippen molar-refractivity contribution in [1.29, 1.82) is 0 Å². The van der Waals surface area contributed by atoms with Gasteiger partial charge in [-0.05, 0) is 79.1 Å². The van der Waals surface area contributed by atoms with Gasteiger partial charge in [0.2, 0.25) is 0 Å². The lowest BCUT2D eigenvalue weighted by Crippen LogP contribution is -2.25. The number of hydrogen-bond donors (Lipinski definition) is 2. The van der Waals surface area contributed by atoms with E-state index in [0.29, 0.717) is 23.5 Å². The quantitative estimate of drug-likeness (QED) is 0.103. The molecule has 1 fully saturated rings. The van der Waals surface area contributed by atoms with E-state index in [0.717, 1.165) is 42.7 Å². The number of benzene rings is 2. The predicted octanol–water partition coefficient (Wildman–Crippen LogP) is 6.72. The van der Waals surface area contributed by atoms with Crippen LogP contribution >= 0.6 is 0 Å². The number of anilines is 2. The van der Waals surface area contributed by atoms with Gasteiger partial charge < -0.3 is 20.9 Å². The van der Waals surface area contributed by atoms with Gasteiger partial charge in [0.25, 0.3) is 0 Å². The molecule has 2 aromatic rings. The van der Waals surface area contributed by atoms with E-state index in [2.05, 4.69) is 6.92 Å². The minimum atomic E-state index is -0.436. The van der Waals surface area contributed by atoms with Crippen molar-refractivity contribution in [3.63, 3.8) is 0 Å². The van der Waals surface area contributed by atoms with Crippen LogP contribution in [0.4, 0.5) is 11.4 Å². The molecule has 0 saturated heterocycles. The molecule has 2 aromatic carbocycles. The van der Waals surface area contributed by atoms with E-state index in [4.69, 9.17) is 20.9 Å². The molecule has 0 aromatic heterocycles. The second-order valence-corrected chi connectivity index (χ2v) is 10.1. The van der Waals surface area contributed by atoms with Gasteiger partial charge in [-0.25, -0.2) is 4.79 Å². The van der Waals surface area contributed by atoms with E-state index < -0.39 is 5.97 Å². The van der Waals surface area contributed by atoms with Crippen LogP contribution in [0.2, 0.25) is 0 Å². The number of carbonyl (C=O) groups is 2. The standard InChI is InChI=1S/C31H42N2O4/c1-2-3-4-5-6-7-23-8-13-25(14-9-23)31(35)37-28-16-10-24(11-17-28)12-19-30(34)36-21-20-26-22-27(32)15-18-29(26)33/h10-12,15-19,22-23,25H,2-9,13-14,20-21,32-33H2,1H3. The highest BCUT2D eigenvalue weighted by atomic mass is 16.5. The molecule has 4 N–H and O–H groups in total. The Morgan fingerprint density at radius 3 is 2.41 bits per heavy atom. The fourth-order valence-electron chi connectivity index (χ4n) is 4.89. The molecule has 6 nitrogen and oxygen atoms in total. The summed E-state index contributed by atoms with van der Waals surface area (Å²) in [5.41, 5.74) is 14.6. The van der Waals surface area contributed by atoms with Crippen molar-refractivity contribution in [3.05, 3.63) is 59.7 Å². The smallest absolute Gasteiger partial charge is 0.330 e. The molecule has 6 heteroatoms. The first-order chi connectivity index (χ1) is 17.9. The molecule has 1 aliphatic rings. The highest BCUT2D eigenvalue weighted by molar-refractivity contribution is 5.87. The van der Waals surface area contributed by atoms with Gasteiger partial charge in [-0.3, -0.25) is 4.79 Å². The first-order valence-electron chi connectivity index (χ1n) is 13.7. The summed E-state index contributed by atoms with van der Waals surface area (Å²) in [6.45, 7) is 2.46. The van der Waals surface area contributed by atoms with Crippen LogP contribution in [-0.2, 0) is 20.7 Å². The predicted molar refractivity (Wildman–Crippen MR) is 150 cm³/mol. The molecule has 37 heavy (non-hydrogen) atoms. The summed E-state index contributed by atoms with van der Waals surface area (Å²) < 4.78 is 10.9. The van der Waals surface area contributed by atoms with E-state index in [1.165, 1.54) is 44.6 Å². The normalized spacial score (nSPS) is 17.5. The number of carbonyl (C=O) groups excluding carboxylic acids is 2. The average molecular weight is 507 g/mol. The summed E-state index contributed by atoms with van der Waals surface area (Å²) in [4.78, 5) is 24.7. The maximum absolute atomic E-state index is 12.6. The van der Waals surface area contributed by atoms with Gasteiger partial charge in [-0.1, -0.05) is 57.6 Å². The molecule has 0 aliphatic heterocycles. The monoisotopic (exact) mass is 506 g/mol. The number of hydrogen-bond acceptors (Lipinski definition) is 6. The molecule has 200 valence electrons. The summed E-state index contributed by atoms with van der Waals surface area (Å²) in [6, 6.07) is 12.4. The number of ether oxygens (including phenoxy) is 2. The maximum atomic E-state index is 12.6. The van der Waals surface area contributed by atoms with Gasteiger partial charge in [0.05, 0.1) is 12.5 Å². The fourth-order valence-corrected chi connectivity index (χ4v) is 4.89. The lowest BCUT2D eigenvalue weighted by Gasteiger charge is -2.27. The largest absolute Gasteiger partial charge is 0.462 e. The zero-order chi connectivity index (χ0) is 26.5. The minimum absolute atomic E-state index is 0.00615. The van der Waals surface area contributed by atoms with Gasteiger partial charge in [0.1, 0.15) is 5.75 Å². The van der Waals surface area contributed by atoms with Gasteiger partial charge >= 0.3 is 11.9 Å². The van der Waals surface area contributed by atoms with E-state index in [1.807, 2.05) is 12.1 Å². The summed E-state index contributed by atoms with van der Waals surface area (Å²) in [5.74, 6) is 0.721. The van der Waals surface area contributed by atoms with Crippen LogP contribution in [0.3, 0.4) is 0 Å². The molecule has 0 amide bonds. The van der Waals surface area contributed by atoms with Crippen molar-refractivity contribution >= 4 is 29.4 Å². The Morgan fingerprint density at radius 1 is 0.946 bits per heavy atom. The molecule has 0 spiro atoms. The molecule has 0 heterocycles. The van der Waals surface area contributed by atoms with Crippen molar-refractivity contribution in [1.82, 2.24) is 0 Å². The van der Waals surface area contributed by atoms with Gasteiger partial charge in [0, 0.05) is 23.9 Å². The second kappa shape index (κ2) is 15.1. The van der Waals surface area contributed by atoms with Crippen molar-refractivity contribution < 1.29 is 19.1 Å². The molecule has 0 radical (unpaired) electrons. The van der Waals surface area contributed by atoms with Crippen molar-refractivity contribution in [2.24, 2.45) is 11.8 Å². The van der Waals surface area contributed by atoms with Crippen LogP contribution in [0.1, 0.15) is 82.3 Å². The Morgan fingerprint density at radius 2 is 1.68 bits per heavy atom. The number of rotatable bonds is 13. The molecule has 3 rings (SSSR count). The lowest BCUT2D eigenvalue weighted by molar-refractivity contribution is -0.140. The van der Waals surface area contributed by atoms with Crippen LogP contribution in [0.5, 0.6) is 5.75 Å². The number of nitrogens with two attached hydrogens (primary N) is 2. The molecular formula is C31H42N2O4. The third kappa shape index (κ3) is 9.95. The summed E-state index contributed by atoms with van der Waals surface area (Å²) in [5, 5.41) is 0. The number of unbranched alkanes of at least 4 members (excludes halogenated alkanes) is 4. The van der Waals surface area contributed by atoms with E-state index in [1.54, 1.807) is 36.4 Å². The average Bonchev–Trinajstić information content (AvgIpc) is 2.90. The Hall–Kier alpha value is -3.28. The number of nitrogen functional groups attached to an aromatic ring is 2. The molecule has 1 saturated carbocycles. The Kier molecular flexibility index (Phi) is 11.5. The topological polar surface area (TPSA) is 105 Å². The van der Waals surface area contributed by atoms with Crippen LogP contribution in [0.15, 0.2) is 48.5 Å². The van der Waals surface area contributed by atoms with Gasteiger partial charge in [-0.2, -0.15) is 0 Å². The SMILES string of the molecule is CCCCCCCC1CCC(C(=O)Oc2ccc(C=CC(=O)OCCc3cc(N)ccc3N)cc2)CC1. The zero-order valence-corrected chi connectivity index (χ0v) is 22.1. The number of esters is 2. The molecule has 0 atom stereocenters. The zero-order valence-electron chi connectivity index (χ0n) is 22.1. The van der Waals surface area contributed by atoms with E-state index in [-0.39, 0.29) is 18.5 Å². The molecule has 0 bridgehead atoms. The fraction of sp³-hybridized carbons (Fsp3) is 0.484. The van der Waals surface area contributed by atoms with Crippen LogP contribution in [-0.4, -0.2) is 18.5 Å². The first kappa shape index (κ1) is 28.3. The Balaban J connectivity index is 1.35. The van der Waals surface area contributed by atoms with Crippen LogP contribution in [0.25, 0.3) is 6.08 Å².